The van der Waals surface area contributed by atoms with Crippen molar-refractivity contribution in [3.8, 4) is 5.75 Å². The molecule has 7 nitrogen and oxygen atoms in total. The smallest absolute Gasteiger partial charge is 0.414 e. The Morgan fingerprint density at radius 2 is 2.15 bits per heavy atom. The number of anilines is 1. The van der Waals surface area contributed by atoms with E-state index < -0.39 is 17.6 Å². The van der Waals surface area contributed by atoms with Crippen molar-refractivity contribution in [3.05, 3.63) is 35.4 Å². The van der Waals surface area contributed by atoms with Gasteiger partial charge in [0.1, 0.15) is 5.60 Å². The Balaban J connectivity index is 1.92. The number of carbonyl (C=O) groups is 2. The predicted molar refractivity (Wildman–Crippen MR) is 99.6 cm³/mol. The fourth-order valence-corrected chi connectivity index (χ4v) is 3.87. The van der Waals surface area contributed by atoms with E-state index in [2.05, 4.69) is 0 Å². The lowest BCUT2D eigenvalue weighted by molar-refractivity contribution is -0.236. The van der Waals surface area contributed by atoms with Crippen LogP contribution in [0.15, 0.2) is 24.3 Å². The highest BCUT2D eigenvalue weighted by Crippen LogP contribution is 2.48. The average Bonchev–Trinajstić information content (AvgIpc) is 2.97. The van der Waals surface area contributed by atoms with Crippen LogP contribution in [0.1, 0.15) is 42.6 Å². The van der Waals surface area contributed by atoms with Gasteiger partial charge < -0.3 is 9.57 Å². The van der Waals surface area contributed by atoms with E-state index in [1.54, 1.807) is 39.0 Å². The van der Waals surface area contributed by atoms with Gasteiger partial charge in [0, 0.05) is 29.8 Å². The third-order valence-electron chi connectivity index (χ3n) is 4.64. The summed E-state index contributed by atoms with van der Waals surface area (Å²) in [5.74, 6) is -0.144. The second kappa shape index (κ2) is 6.00. The maximum atomic E-state index is 12.7. The molecular weight excluding hydrogens is 372 g/mol. The van der Waals surface area contributed by atoms with Gasteiger partial charge in [0.25, 0.3) is 0 Å². The molecule has 2 amide bonds. The van der Waals surface area contributed by atoms with E-state index in [1.807, 2.05) is 6.07 Å². The highest BCUT2D eigenvalue weighted by molar-refractivity contribution is 6.19. The van der Waals surface area contributed by atoms with Crippen molar-refractivity contribution in [1.82, 2.24) is 5.23 Å². The number of hydrogen-bond acceptors (Lipinski definition) is 5. The number of hydroxylamine groups is 2. The zero-order valence-corrected chi connectivity index (χ0v) is 15.9. The molecule has 2 aliphatic rings. The first-order chi connectivity index (χ1) is 12.7. The maximum absolute atomic E-state index is 12.7. The Hall–Kier alpha value is -2.51. The standard InChI is InChI=1S/C19H19ClN2O5/c1-19(2,3)26-18(24)21-9-10(8-20)15-11-5-4-6-12-16(11)14(7-13(15)21)27-22(25)17(12)23/h4-7,10,25H,8-9H2,1-3H3. The van der Waals surface area contributed by atoms with Crippen molar-refractivity contribution in [2.75, 3.05) is 17.3 Å². The average molecular weight is 391 g/mol. The molecule has 0 bridgehead atoms. The molecule has 0 aliphatic carbocycles. The van der Waals surface area contributed by atoms with Gasteiger partial charge in [-0.25, -0.2) is 4.79 Å². The summed E-state index contributed by atoms with van der Waals surface area (Å²) in [6, 6.07) is 6.87. The van der Waals surface area contributed by atoms with Crippen molar-refractivity contribution >= 4 is 40.1 Å². The van der Waals surface area contributed by atoms with Crippen molar-refractivity contribution < 1.29 is 24.4 Å². The molecule has 0 radical (unpaired) electrons. The van der Waals surface area contributed by atoms with Gasteiger partial charge >= 0.3 is 12.0 Å². The van der Waals surface area contributed by atoms with Crippen LogP contribution in [-0.2, 0) is 4.74 Å². The number of fused-ring (bicyclic) bond motifs is 2. The maximum Gasteiger partial charge on any atom is 0.414 e. The van der Waals surface area contributed by atoms with E-state index in [0.717, 1.165) is 10.9 Å². The molecule has 142 valence electrons. The van der Waals surface area contributed by atoms with Gasteiger partial charge in [0.05, 0.1) is 11.3 Å². The number of hydrogen-bond donors (Lipinski definition) is 1. The lowest BCUT2D eigenvalue weighted by Crippen LogP contribution is -2.36. The highest BCUT2D eigenvalue weighted by Gasteiger charge is 2.39. The van der Waals surface area contributed by atoms with E-state index in [9.17, 15) is 14.8 Å². The second-order valence-corrected chi connectivity index (χ2v) is 7.96. The number of amides is 2. The number of rotatable bonds is 1. The molecule has 0 saturated heterocycles. The lowest BCUT2D eigenvalue weighted by atomic mass is 9.92. The molecule has 0 fully saturated rings. The number of halogens is 1. The van der Waals surface area contributed by atoms with Crippen molar-refractivity contribution in [2.24, 2.45) is 0 Å². The topological polar surface area (TPSA) is 79.3 Å². The summed E-state index contributed by atoms with van der Waals surface area (Å²) in [5.41, 5.74) is 1.18. The van der Waals surface area contributed by atoms with Crippen LogP contribution in [0, 0.1) is 0 Å². The summed E-state index contributed by atoms with van der Waals surface area (Å²) in [6.45, 7) is 5.77. The number of benzene rings is 2. The third-order valence-corrected chi connectivity index (χ3v) is 5.01. The monoisotopic (exact) mass is 390 g/mol. The number of ether oxygens (including phenoxy) is 1. The van der Waals surface area contributed by atoms with Crippen LogP contribution in [0.25, 0.3) is 10.8 Å². The Labute approximate surface area is 160 Å². The normalized spacial score (nSPS) is 18.6. The van der Waals surface area contributed by atoms with Crippen molar-refractivity contribution in [2.45, 2.75) is 32.3 Å². The fraction of sp³-hybridized carbons (Fsp3) is 0.368. The molecular formula is C19H19ClN2O5. The van der Waals surface area contributed by atoms with Crippen LogP contribution >= 0.6 is 11.6 Å². The van der Waals surface area contributed by atoms with E-state index in [4.69, 9.17) is 21.2 Å². The van der Waals surface area contributed by atoms with Crippen LogP contribution in [0.5, 0.6) is 5.75 Å². The predicted octanol–water partition coefficient (Wildman–Crippen LogP) is 4.06. The van der Waals surface area contributed by atoms with Gasteiger partial charge in [-0.1, -0.05) is 12.1 Å². The molecule has 2 aromatic carbocycles. The Morgan fingerprint density at radius 3 is 2.81 bits per heavy atom. The molecule has 27 heavy (non-hydrogen) atoms. The minimum absolute atomic E-state index is 0.110. The minimum Gasteiger partial charge on any atom is -0.443 e. The summed E-state index contributed by atoms with van der Waals surface area (Å²) in [5, 5.41) is 11.4. The van der Waals surface area contributed by atoms with Crippen LogP contribution < -0.4 is 9.74 Å². The van der Waals surface area contributed by atoms with E-state index >= 15 is 0 Å². The number of carbonyl (C=O) groups excluding carboxylic acids is 2. The Morgan fingerprint density at radius 1 is 1.41 bits per heavy atom. The first-order valence-electron chi connectivity index (χ1n) is 8.58. The summed E-state index contributed by atoms with van der Waals surface area (Å²) < 4.78 is 5.52. The van der Waals surface area contributed by atoms with Gasteiger partial charge in [0.15, 0.2) is 5.75 Å². The Bertz CT molecular complexity index is 969. The first-order valence-corrected chi connectivity index (χ1v) is 9.12. The molecule has 0 aromatic heterocycles. The van der Waals surface area contributed by atoms with Gasteiger partial charge in [-0.3, -0.25) is 14.9 Å². The molecule has 0 saturated carbocycles. The van der Waals surface area contributed by atoms with Crippen LogP contribution in [-0.4, -0.2) is 40.5 Å². The van der Waals surface area contributed by atoms with Crippen LogP contribution in [0.4, 0.5) is 10.5 Å². The van der Waals surface area contributed by atoms with E-state index in [0.29, 0.717) is 34.8 Å². The quantitative estimate of drug-likeness (QED) is 0.586. The molecule has 2 aromatic rings. The van der Waals surface area contributed by atoms with Crippen LogP contribution in [0.3, 0.4) is 0 Å². The third kappa shape index (κ3) is 2.78. The van der Waals surface area contributed by atoms with Gasteiger partial charge in [0.2, 0.25) is 0 Å². The summed E-state index contributed by atoms with van der Waals surface area (Å²) in [4.78, 5) is 31.7. The van der Waals surface area contributed by atoms with Gasteiger partial charge in [-0.15, -0.1) is 11.6 Å². The molecule has 1 N–H and O–H groups in total. The van der Waals surface area contributed by atoms with Crippen LogP contribution in [0.2, 0.25) is 0 Å². The van der Waals surface area contributed by atoms with Crippen molar-refractivity contribution in [3.63, 3.8) is 0 Å². The lowest BCUT2D eigenvalue weighted by Gasteiger charge is -2.27. The second-order valence-electron chi connectivity index (χ2n) is 7.65. The Kier molecular flexibility index (Phi) is 3.98. The van der Waals surface area contributed by atoms with Crippen molar-refractivity contribution in [1.29, 1.82) is 0 Å². The summed E-state index contributed by atoms with van der Waals surface area (Å²) >= 11 is 6.19. The van der Waals surface area contributed by atoms with Gasteiger partial charge in [-0.2, -0.15) is 0 Å². The summed E-state index contributed by atoms with van der Waals surface area (Å²) in [6.07, 6.45) is -0.480. The molecule has 1 unspecified atom stereocenters. The zero-order valence-electron chi connectivity index (χ0n) is 15.2. The molecule has 2 aliphatic heterocycles. The largest absolute Gasteiger partial charge is 0.443 e. The van der Waals surface area contributed by atoms with E-state index in [-0.39, 0.29) is 11.1 Å². The highest BCUT2D eigenvalue weighted by atomic mass is 35.5. The first kappa shape index (κ1) is 17.9. The zero-order chi connectivity index (χ0) is 19.5. The molecule has 1 atom stereocenters. The van der Waals surface area contributed by atoms with Gasteiger partial charge in [-0.05, 0) is 43.0 Å². The summed E-state index contributed by atoms with van der Waals surface area (Å²) in [7, 11) is 0. The molecule has 4 rings (SSSR count). The molecule has 0 spiro atoms. The number of alkyl halides is 1. The number of nitrogens with zero attached hydrogens (tertiary/aromatic N) is 2. The minimum atomic E-state index is -0.641. The molecule has 2 heterocycles. The molecule has 8 heteroatoms. The van der Waals surface area contributed by atoms with E-state index in [1.165, 1.54) is 4.90 Å². The fourth-order valence-electron chi connectivity index (χ4n) is 3.62. The SMILES string of the molecule is CC(C)(C)OC(=O)N1CC(CCl)c2c1cc1c3c(cccc23)C(=O)N(O)O1.